The molecule has 1 aromatic carbocycles. The van der Waals surface area contributed by atoms with Gasteiger partial charge in [-0.2, -0.15) is 0 Å². The van der Waals surface area contributed by atoms with Crippen molar-refractivity contribution < 1.29 is 0 Å². The molecule has 2 nitrogen and oxygen atoms in total. The first kappa shape index (κ1) is 7.62. The Hall–Kier alpha value is -1.02. The maximum Gasteiger partial charge on any atom is 0.0347 e. The van der Waals surface area contributed by atoms with E-state index >= 15 is 0 Å². The molecule has 0 spiro atoms. The molecule has 0 heterocycles. The van der Waals surface area contributed by atoms with Crippen molar-refractivity contribution >= 4 is 5.69 Å². The Morgan fingerprint density at radius 2 is 1.92 bits per heavy atom. The summed E-state index contributed by atoms with van der Waals surface area (Å²) in [6.45, 7) is 0. The van der Waals surface area contributed by atoms with Crippen LogP contribution in [-0.2, 0) is 6.42 Å². The van der Waals surface area contributed by atoms with Crippen LogP contribution in [0.15, 0.2) is 24.3 Å². The Kier molecular flexibility index (Phi) is 1.58. The van der Waals surface area contributed by atoms with Gasteiger partial charge in [0.05, 0.1) is 0 Å². The lowest BCUT2D eigenvalue weighted by molar-refractivity contribution is 0.673. The fourth-order valence-corrected chi connectivity index (χ4v) is 1.41. The highest BCUT2D eigenvalue weighted by Gasteiger charge is 2.38. The van der Waals surface area contributed by atoms with Gasteiger partial charge in [-0.25, -0.2) is 0 Å². The quantitative estimate of drug-likeness (QED) is 0.644. The average molecular weight is 162 g/mol. The van der Waals surface area contributed by atoms with E-state index in [1.165, 1.54) is 5.56 Å². The predicted octanol–water partition coefficient (Wildman–Crippen LogP) is 1.30. The van der Waals surface area contributed by atoms with E-state index in [9.17, 15) is 0 Å². The Bertz CT molecular complexity index is 290. The van der Waals surface area contributed by atoms with Crippen LogP contribution in [0.2, 0.25) is 0 Å². The molecule has 1 fully saturated rings. The van der Waals surface area contributed by atoms with Crippen molar-refractivity contribution in [3.8, 4) is 0 Å². The Balaban J connectivity index is 2.17. The number of rotatable bonds is 2. The summed E-state index contributed by atoms with van der Waals surface area (Å²) < 4.78 is 0. The van der Waals surface area contributed by atoms with Crippen LogP contribution < -0.4 is 11.5 Å². The molecule has 4 N–H and O–H groups in total. The highest BCUT2D eigenvalue weighted by molar-refractivity contribution is 5.47. The molecule has 0 atom stereocenters. The highest BCUT2D eigenvalue weighted by atomic mass is 14.8. The lowest BCUT2D eigenvalue weighted by atomic mass is 10.0. The molecule has 64 valence electrons. The van der Waals surface area contributed by atoms with Crippen LogP contribution in [0.1, 0.15) is 18.4 Å². The molecule has 0 aliphatic heterocycles. The largest absolute Gasteiger partial charge is 0.399 e. The summed E-state index contributed by atoms with van der Waals surface area (Å²) >= 11 is 0. The maximum absolute atomic E-state index is 5.99. The third kappa shape index (κ3) is 1.43. The van der Waals surface area contributed by atoms with Crippen LogP contribution in [0.3, 0.4) is 0 Å². The molecule has 0 aromatic heterocycles. The first-order valence-electron chi connectivity index (χ1n) is 4.32. The van der Waals surface area contributed by atoms with Crippen LogP contribution >= 0.6 is 0 Å². The van der Waals surface area contributed by atoms with Crippen molar-refractivity contribution in [2.24, 2.45) is 5.73 Å². The second kappa shape index (κ2) is 2.49. The summed E-state index contributed by atoms with van der Waals surface area (Å²) in [5, 5.41) is 0. The molecule has 1 aliphatic rings. The Morgan fingerprint density at radius 1 is 1.25 bits per heavy atom. The van der Waals surface area contributed by atoms with E-state index in [-0.39, 0.29) is 5.54 Å². The van der Waals surface area contributed by atoms with Crippen LogP contribution in [0.5, 0.6) is 0 Å². The number of hydrogen-bond acceptors (Lipinski definition) is 2. The number of hydrogen-bond donors (Lipinski definition) is 2. The average Bonchev–Trinajstić information content (AvgIpc) is 2.74. The van der Waals surface area contributed by atoms with Crippen molar-refractivity contribution in [1.29, 1.82) is 0 Å². The lowest BCUT2D eigenvalue weighted by Gasteiger charge is -2.10. The number of para-hydroxylation sites is 1. The van der Waals surface area contributed by atoms with Gasteiger partial charge in [0.15, 0.2) is 0 Å². The van der Waals surface area contributed by atoms with E-state index in [2.05, 4.69) is 6.07 Å². The molecule has 0 bridgehead atoms. The number of anilines is 1. The van der Waals surface area contributed by atoms with Gasteiger partial charge in [0.25, 0.3) is 0 Å². The number of nitrogen functional groups attached to an aromatic ring is 1. The molecule has 1 saturated carbocycles. The van der Waals surface area contributed by atoms with E-state index in [0.29, 0.717) is 0 Å². The highest BCUT2D eigenvalue weighted by Crippen LogP contribution is 2.36. The minimum atomic E-state index is 0.0650. The maximum atomic E-state index is 5.99. The number of benzene rings is 1. The molecule has 1 aromatic rings. The standard InChI is InChI=1S/C10H14N2/c11-9-4-2-1-3-8(9)7-10(12)5-6-10/h1-4H,5-7,11-12H2. The summed E-state index contributed by atoms with van der Waals surface area (Å²) in [6.07, 6.45) is 3.21. The number of nitrogens with two attached hydrogens (primary N) is 2. The summed E-state index contributed by atoms with van der Waals surface area (Å²) in [7, 11) is 0. The minimum absolute atomic E-state index is 0.0650. The third-order valence-electron chi connectivity index (χ3n) is 2.49. The smallest absolute Gasteiger partial charge is 0.0347 e. The monoisotopic (exact) mass is 162 g/mol. The van der Waals surface area contributed by atoms with Gasteiger partial charge in [-0.1, -0.05) is 18.2 Å². The fourth-order valence-electron chi connectivity index (χ4n) is 1.41. The molecule has 1 aliphatic carbocycles. The van der Waals surface area contributed by atoms with E-state index in [1.807, 2.05) is 18.2 Å². The van der Waals surface area contributed by atoms with E-state index in [1.54, 1.807) is 0 Å². The molecule has 0 amide bonds. The molecule has 2 rings (SSSR count). The van der Waals surface area contributed by atoms with E-state index in [0.717, 1.165) is 24.9 Å². The lowest BCUT2D eigenvalue weighted by Crippen LogP contribution is -2.24. The predicted molar refractivity (Wildman–Crippen MR) is 50.7 cm³/mol. The normalized spacial score (nSPS) is 19.1. The van der Waals surface area contributed by atoms with Crippen LogP contribution in [0.25, 0.3) is 0 Å². The van der Waals surface area contributed by atoms with Gasteiger partial charge in [0, 0.05) is 11.2 Å². The second-order valence-corrected chi connectivity index (χ2v) is 3.74. The zero-order valence-electron chi connectivity index (χ0n) is 7.09. The van der Waals surface area contributed by atoms with E-state index in [4.69, 9.17) is 11.5 Å². The van der Waals surface area contributed by atoms with Gasteiger partial charge in [-0.15, -0.1) is 0 Å². The van der Waals surface area contributed by atoms with Gasteiger partial charge in [-0.05, 0) is 30.9 Å². The van der Waals surface area contributed by atoms with Crippen molar-refractivity contribution in [2.45, 2.75) is 24.8 Å². The first-order valence-corrected chi connectivity index (χ1v) is 4.32. The van der Waals surface area contributed by atoms with Crippen molar-refractivity contribution in [3.05, 3.63) is 29.8 Å². The van der Waals surface area contributed by atoms with Gasteiger partial charge < -0.3 is 11.5 Å². The van der Waals surface area contributed by atoms with Crippen molar-refractivity contribution in [1.82, 2.24) is 0 Å². The van der Waals surface area contributed by atoms with Gasteiger partial charge >= 0.3 is 0 Å². The summed E-state index contributed by atoms with van der Waals surface area (Å²) in [5.74, 6) is 0. The zero-order valence-corrected chi connectivity index (χ0v) is 7.09. The second-order valence-electron chi connectivity index (χ2n) is 3.74. The molecule has 2 heteroatoms. The van der Waals surface area contributed by atoms with Crippen LogP contribution in [-0.4, -0.2) is 5.54 Å². The summed E-state index contributed by atoms with van der Waals surface area (Å²) in [4.78, 5) is 0. The van der Waals surface area contributed by atoms with Crippen molar-refractivity contribution in [2.75, 3.05) is 5.73 Å². The molecule has 0 radical (unpaired) electrons. The van der Waals surface area contributed by atoms with Crippen molar-refractivity contribution in [3.63, 3.8) is 0 Å². The third-order valence-corrected chi connectivity index (χ3v) is 2.49. The summed E-state index contributed by atoms with van der Waals surface area (Å²) in [5.41, 5.74) is 13.9. The van der Waals surface area contributed by atoms with Crippen LogP contribution in [0.4, 0.5) is 5.69 Å². The van der Waals surface area contributed by atoms with Gasteiger partial charge in [0.2, 0.25) is 0 Å². The SMILES string of the molecule is Nc1ccccc1CC1(N)CC1. The van der Waals surface area contributed by atoms with Gasteiger partial charge in [0.1, 0.15) is 0 Å². The van der Waals surface area contributed by atoms with Crippen LogP contribution in [0, 0.1) is 0 Å². The molecular weight excluding hydrogens is 148 g/mol. The molecule has 0 saturated heterocycles. The first-order chi connectivity index (χ1) is 5.70. The zero-order chi connectivity index (χ0) is 8.60. The molecule has 0 unspecified atom stereocenters. The molecular formula is C10H14N2. The van der Waals surface area contributed by atoms with Gasteiger partial charge in [-0.3, -0.25) is 0 Å². The Labute approximate surface area is 72.6 Å². The van der Waals surface area contributed by atoms with E-state index < -0.39 is 0 Å². The topological polar surface area (TPSA) is 52.0 Å². The fraction of sp³-hybridized carbons (Fsp3) is 0.400. The molecule has 12 heavy (non-hydrogen) atoms. The minimum Gasteiger partial charge on any atom is -0.399 e. The summed E-state index contributed by atoms with van der Waals surface area (Å²) in [6, 6.07) is 7.95. The Morgan fingerprint density at radius 3 is 2.50 bits per heavy atom.